The molecule has 0 rings (SSSR count). The van der Waals surface area contributed by atoms with Crippen molar-refractivity contribution in [3.63, 3.8) is 0 Å². The normalized spacial score (nSPS) is 15.0. The van der Waals surface area contributed by atoms with E-state index in [1.807, 2.05) is 6.92 Å². The second-order valence-corrected chi connectivity index (χ2v) is 2.75. The van der Waals surface area contributed by atoms with Crippen molar-refractivity contribution >= 4 is 5.84 Å². The van der Waals surface area contributed by atoms with E-state index in [1.165, 1.54) is 0 Å². The highest BCUT2D eigenvalue weighted by molar-refractivity contribution is 5.79. The average Bonchev–Trinajstić information content (AvgIpc) is 2.01. The Morgan fingerprint density at radius 2 is 2.27 bits per heavy atom. The number of aliphatic imine (C=N–C) groups is 1. The molecule has 0 saturated carbocycles. The quantitative estimate of drug-likeness (QED) is 0.480. The minimum Gasteiger partial charge on any atom is -0.387 e. The zero-order chi connectivity index (χ0) is 8.69. The number of ether oxygens (including phenoxy) is 1. The van der Waals surface area contributed by atoms with Gasteiger partial charge in [-0.1, -0.05) is 13.8 Å². The van der Waals surface area contributed by atoms with Gasteiger partial charge in [0.25, 0.3) is 0 Å². The first-order chi connectivity index (χ1) is 5.20. The highest BCUT2D eigenvalue weighted by Crippen LogP contribution is 1.95. The van der Waals surface area contributed by atoms with Crippen molar-refractivity contribution in [1.82, 2.24) is 0 Å². The molecular formula is C8H18N2O. The predicted molar refractivity (Wildman–Crippen MR) is 47.8 cm³/mol. The molecule has 0 amide bonds. The van der Waals surface area contributed by atoms with E-state index in [-0.39, 0.29) is 0 Å². The Bertz CT molecular complexity index is 123. The monoisotopic (exact) mass is 158 g/mol. The van der Waals surface area contributed by atoms with Crippen LogP contribution in [0.3, 0.4) is 0 Å². The van der Waals surface area contributed by atoms with Crippen molar-refractivity contribution in [2.75, 3.05) is 20.3 Å². The Labute approximate surface area is 68.6 Å². The fourth-order valence-corrected chi connectivity index (χ4v) is 0.722. The van der Waals surface area contributed by atoms with Gasteiger partial charge in [-0.25, -0.2) is 0 Å². The number of amidine groups is 1. The van der Waals surface area contributed by atoms with Gasteiger partial charge < -0.3 is 10.5 Å². The summed E-state index contributed by atoms with van der Waals surface area (Å²) >= 11 is 0. The van der Waals surface area contributed by atoms with Crippen LogP contribution in [0.15, 0.2) is 4.99 Å². The van der Waals surface area contributed by atoms with Crippen molar-refractivity contribution in [2.24, 2.45) is 16.6 Å². The van der Waals surface area contributed by atoms with Crippen LogP contribution in [0, 0.1) is 5.92 Å². The molecule has 0 spiro atoms. The highest BCUT2D eigenvalue weighted by Gasteiger charge is 1.98. The molecule has 0 bridgehead atoms. The van der Waals surface area contributed by atoms with Gasteiger partial charge in [0.05, 0.1) is 12.4 Å². The summed E-state index contributed by atoms with van der Waals surface area (Å²) in [6.07, 6.45) is 0.833. The third kappa shape index (κ3) is 5.85. The molecule has 0 heterocycles. The van der Waals surface area contributed by atoms with Crippen molar-refractivity contribution in [3.8, 4) is 0 Å². The van der Waals surface area contributed by atoms with Crippen molar-refractivity contribution in [1.29, 1.82) is 0 Å². The summed E-state index contributed by atoms with van der Waals surface area (Å²) in [4.78, 5) is 4.18. The second kappa shape index (κ2) is 6.16. The van der Waals surface area contributed by atoms with Crippen molar-refractivity contribution in [3.05, 3.63) is 0 Å². The molecule has 0 saturated heterocycles. The smallest absolute Gasteiger partial charge is 0.0934 e. The number of nitrogens with zero attached hydrogens (tertiary/aromatic N) is 1. The van der Waals surface area contributed by atoms with Gasteiger partial charge in [-0.3, -0.25) is 4.99 Å². The lowest BCUT2D eigenvalue weighted by molar-refractivity contribution is 0.163. The van der Waals surface area contributed by atoms with Crippen molar-refractivity contribution in [2.45, 2.75) is 20.3 Å². The van der Waals surface area contributed by atoms with Gasteiger partial charge in [-0.15, -0.1) is 0 Å². The molecule has 0 aromatic rings. The summed E-state index contributed by atoms with van der Waals surface area (Å²) in [5.74, 6) is 1.19. The number of methoxy groups -OCH3 is 1. The predicted octanol–water partition coefficient (Wildman–Crippen LogP) is 1.04. The molecule has 66 valence electrons. The van der Waals surface area contributed by atoms with E-state index in [4.69, 9.17) is 10.5 Å². The second-order valence-electron chi connectivity index (χ2n) is 2.75. The Morgan fingerprint density at radius 3 is 2.73 bits per heavy atom. The largest absolute Gasteiger partial charge is 0.387 e. The van der Waals surface area contributed by atoms with Gasteiger partial charge in [0.15, 0.2) is 0 Å². The molecule has 0 aliphatic rings. The summed E-state index contributed by atoms with van der Waals surface area (Å²) in [6, 6.07) is 0. The Hall–Kier alpha value is -0.570. The molecule has 0 fully saturated rings. The van der Waals surface area contributed by atoms with E-state index in [0.717, 1.165) is 25.4 Å². The molecular weight excluding hydrogens is 140 g/mol. The standard InChI is InChI=1S/C8H18N2O/c1-4-8(9)10-5-7(2)6-11-3/h7H,4-6H2,1-3H3,(H2,9,10). The fraction of sp³-hybridized carbons (Fsp3) is 0.875. The van der Waals surface area contributed by atoms with Crippen LogP contribution in [0.2, 0.25) is 0 Å². The van der Waals surface area contributed by atoms with Crippen LogP contribution in [0.5, 0.6) is 0 Å². The first-order valence-corrected chi connectivity index (χ1v) is 3.98. The summed E-state index contributed by atoms with van der Waals surface area (Å²) in [5.41, 5.74) is 5.53. The fourth-order valence-electron chi connectivity index (χ4n) is 0.722. The number of nitrogens with two attached hydrogens (primary N) is 1. The molecule has 1 atom stereocenters. The minimum absolute atomic E-state index is 0.463. The zero-order valence-electron chi connectivity index (χ0n) is 7.63. The van der Waals surface area contributed by atoms with Gasteiger partial charge in [0, 0.05) is 20.1 Å². The van der Waals surface area contributed by atoms with Gasteiger partial charge in [0.1, 0.15) is 0 Å². The maximum Gasteiger partial charge on any atom is 0.0934 e. The van der Waals surface area contributed by atoms with Crippen LogP contribution in [-0.4, -0.2) is 26.1 Å². The van der Waals surface area contributed by atoms with E-state index < -0.39 is 0 Å². The first kappa shape index (κ1) is 10.4. The Kier molecular flexibility index (Phi) is 5.84. The summed E-state index contributed by atoms with van der Waals surface area (Å²) in [7, 11) is 1.70. The van der Waals surface area contributed by atoms with Gasteiger partial charge in [0.2, 0.25) is 0 Å². The number of rotatable bonds is 5. The lowest BCUT2D eigenvalue weighted by Gasteiger charge is -2.06. The molecule has 0 aliphatic carbocycles. The highest BCUT2D eigenvalue weighted by atomic mass is 16.5. The topological polar surface area (TPSA) is 47.6 Å². The molecule has 3 heteroatoms. The maximum absolute atomic E-state index is 5.53. The molecule has 1 unspecified atom stereocenters. The molecule has 0 aliphatic heterocycles. The van der Waals surface area contributed by atoms with Crippen LogP contribution in [-0.2, 0) is 4.74 Å². The minimum atomic E-state index is 0.463. The zero-order valence-corrected chi connectivity index (χ0v) is 7.63. The summed E-state index contributed by atoms with van der Waals surface area (Å²) in [5, 5.41) is 0. The van der Waals surface area contributed by atoms with E-state index in [1.54, 1.807) is 7.11 Å². The lowest BCUT2D eigenvalue weighted by Crippen LogP contribution is -2.14. The van der Waals surface area contributed by atoms with E-state index in [0.29, 0.717) is 5.92 Å². The van der Waals surface area contributed by atoms with Crippen LogP contribution >= 0.6 is 0 Å². The maximum atomic E-state index is 5.53. The molecule has 0 aromatic heterocycles. The van der Waals surface area contributed by atoms with Crippen LogP contribution in [0.25, 0.3) is 0 Å². The Morgan fingerprint density at radius 1 is 1.64 bits per heavy atom. The molecule has 11 heavy (non-hydrogen) atoms. The molecule has 3 nitrogen and oxygen atoms in total. The van der Waals surface area contributed by atoms with Crippen molar-refractivity contribution < 1.29 is 4.74 Å². The molecule has 2 N–H and O–H groups in total. The summed E-state index contributed by atoms with van der Waals surface area (Å²) < 4.78 is 4.96. The third-order valence-corrected chi connectivity index (χ3v) is 1.42. The first-order valence-electron chi connectivity index (χ1n) is 3.98. The SMILES string of the molecule is CCC(N)=NCC(C)COC. The molecule has 0 radical (unpaired) electrons. The van der Waals surface area contributed by atoms with E-state index >= 15 is 0 Å². The van der Waals surface area contributed by atoms with Gasteiger partial charge in [-0.2, -0.15) is 0 Å². The van der Waals surface area contributed by atoms with Crippen LogP contribution in [0.1, 0.15) is 20.3 Å². The Balaban J connectivity index is 3.50. The molecule has 0 aromatic carbocycles. The van der Waals surface area contributed by atoms with Gasteiger partial charge in [-0.05, 0) is 5.92 Å². The van der Waals surface area contributed by atoms with Crippen LogP contribution in [0.4, 0.5) is 0 Å². The van der Waals surface area contributed by atoms with E-state index in [2.05, 4.69) is 11.9 Å². The van der Waals surface area contributed by atoms with Gasteiger partial charge >= 0.3 is 0 Å². The number of hydrogen-bond donors (Lipinski definition) is 1. The third-order valence-electron chi connectivity index (χ3n) is 1.42. The summed E-state index contributed by atoms with van der Waals surface area (Å²) in [6.45, 7) is 5.61. The average molecular weight is 158 g/mol. The number of hydrogen-bond acceptors (Lipinski definition) is 2. The lowest BCUT2D eigenvalue weighted by atomic mass is 10.2. The van der Waals surface area contributed by atoms with Crippen LogP contribution < -0.4 is 5.73 Å². The van der Waals surface area contributed by atoms with E-state index in [9.17, 15) is 0 Å².